The van der Waals surface area contributed by atoms with E-state index in [9.17, 15) is 4.39 Å². The Labute approximate surface area is 100 Å². The zero-order valence-electron chi connectivity index (χ0n) is 9.86. The predicted molar refractivity (Wildman–Crippen MR) is 66.5 cm³/mol. The van der Waals surface area contributed by atoms with Gasteiger partial charge in [-0.05, 0) is 24.1 Å². The summed E-state index contributed by atoms with van der Waals surface area (Å²) in [6.45, 7) is 3.62. The number of benzene rings is 1. The molecule has 0 saturated carbocycles. The summed E-state index contributed by atoms with van der Waals surface area (Å²) >= 11 is 0. The Bertz CT molecular complexity index is 479. The van der Waals surface area contributed by atoms with E-state index >= 15 is 0 Å². The van der Waals surface area contributed by atoms with E-state index in [0.717, 1.165) is 24.5 Å². The van der Waals surface area contributed by atoms with Gasteiger partial charge in [0.1, 0.15) is 5.82 Å². The molecular formula is C13H16FN3. The number of aromatic nitrogens is 2. The molecule has 0 spiro atoms. The van der Waals surface area contributed by atoms with Crippen molar-refractivity contribution in [2.75, 3.05) is 11.9 Å². The monoisotopic (exact) mass is 233 g/mol. The summed E-state index contributed by atoms with van der Waals surface area (Å²) in [5, 5.41) is 3.24. The SMILES string of the molecule is CCCNc1nccn1Cc1cccc(F)c1. The van der Waals surface area contributed by atoms with Crippen LogP contribution in [-0.2, 0) is 6.54 Å². The molecule has 0 saturated heterocycles. The predicted octanol–water partition coefficient (Wildman–Crippen LogP) is 2.89. The maximum Gasteiger partial charge on any atom is 0.203 e. The molecular weight excluding hydrogens is 217 g/mol. The van der Waals surface area contributed by atoms with Gasteiger partial charge in [-0.25, -0.2) is 9.37 Å². The molecule has 0 atom stereocenters. The van der Waals surface area contributed by atoms with Crippen molar-refractivity contribution in [2.45, 2.75) is 19.9 Å². The number of nitrogens with one attached hydrogen (secondary N) is 1. The lowest BCUT2D eigenvalue weighted by Crippen LogP contribution is -2.08. The quantitative estimate of drug-likeness (QED) is 0.860. The van der Waals surface area contributed by atoms with Crippen molar-refractivity contribution in [3.8, 4) is 0 Å². The average Bonchev–Trinajstić information content (AvgIpc) is 2.74. The van der Waals surface area contributed by atoms with Crippen molar-refractivity contribution < 1.29 is 4.39 Å². The van der Waals surface area contributed by atoms with E-state index in [1.807, 2.05) is 16.8 Å². The van der Waals surface area contributed by atoms with E-state index in [0.29, 0.717) is 6.54 Å². The summed E-state index contributed by atoms with van der Waals surface area (Å²) in [7, 11) is 0. The lowest BCUT2D eigenvalue weighted by atomic mass is 10.2. The summed E-state index contributed by atoms with van der Waals surface area (Å²) in [5.74, 6) is 0.627. The van der Waals surface area contributed by atoms with Gasteiger partial charge < -0.3 is 9.88 Å². The fourth-order valence-electron chi connectivity index (χ4n) is 1.67. The zero-order chi connectivity index (χ0) is 12.1. The van der Waals surface area contributed by atoms with Gasteiger partial charge >= 0.3 is 0 Å². The van der Waals surface area contributed by atoms with Crippen molar-refractivity contribution >= 4 is 5.95 Å². The van der Waals surface area contributed by atoms with E-state index in [2.05, 4.69) is 17.2 Å². The smallest absolute Gasteiger partial charge is 0.203 e. The van der Waals surface area contributed by atoms with Crippen LogP contribution in [0.1, 0.15) is 18.9 Å². The minimum Gasteiger partial charge on any atom is -0.356 e. The number of hydrogen-bond acceptors (Lipinski definition) is 2. The van der Waals surface area contributed by atoms with E-state index in [1.165, 1.54) is 6.07 Å². The van der Waals surface area contributed by atoms with Crippen LogP contribution in [0.25, 0.3) is 0 Å². The first-order valence-electron chi connectivity index (χ1n) is 5.79. The zero-order valence-corrected chi connectivity index (χ0v) is 9.86. The molecule has 1 aromatic heterocycles. The maximum absolute atomic E-state index is 13.1. The normalized spacial score (nSPS) is 10.5. The van der Waals surface area contributed by atoms with Gasteiger partial charge in [-0.2, -0.15) is 0 Å². The summed E-state index contributed by atoms with van der Waals surface area (Å²) < 4.78 is 15.0. The number of hydrogen-bond donors (Lipinski definition) is 1. The molecule has 1 aromatic carbocycles. The molecule has 4 heteroatoms. The molecule has 17 heavy (non-hydrogen) atoms. The second-order valence-corrected chi connectivity index (χ2v) is 3.94. The Balaban J connectivity index is 2.10. The van der Waals surface area contributed by atoms with E-state index in [4.69, 9.17) is 0 Å². The second-order valence-electron chi connectivity index (χ2n) is 3.94. The van der Waals surface area contributed by atoms with Crippen molar-refractivity contribution in [1.29, 1.82) is 0 Å². The van der Waals surface area contributed by atoms with Gasteiger partial charge in [-0.15, -0.1) is 0 Å². The van der Waals surface area contributed by atoms with Gasteiger partial charge in [-0.3, -0.25) is 0 Å². The van der Waals surface area contributed by atoms with Gasteiger partial charge in [0, 0.05) is 18.9 Å². The summed E-state index contributed by atoms with van der Waals surface area (Å²) in [5.41, 5.74) is 0.933. The van der Waals surface area contributed by atoms with Crippen molar-refractivity contribution in [3.05, 3.63) is 48.0 Å². The minimum atomic E-state index is -0.203. The minimum absolute atomic E-state index is 0.203. The Kier molecular flexibility index (Phi) is 3.75. The molecule has 2 rings (SSSR count). The van der Waals surface area contributed by atoms with Crippen LogP contribution in [-0.4, -0.2) is 16.1 Å². The molecule has 0 unspecified atom stereocenters. The fraction of sp³-hybridized carbons (Fsp3) is 0.308. The summed E-state index contributed by atoms with van der Waals surface area (Å²) in [6, 6.07) is 6.63. The van der Waals surface area contributed by atoms with Crippen molar-refractivity contribution in [1.82, 2.24) is 9.55 Å². The Morgan fingerprint density at radius 2 is 2.29 bits per heavy atom. The molecule has 90 valence electrons. The molecule has 2 aromatic rings. The van der Waals surface area contributed by atoms with Crippen LogP contribution in [0.4, 0.5) is 10.3 Å². The largest absolute Gasteiger partial charge is 0.356 e. The first-order valence-corrected chi connectivity index (χ1v) is 5.79. The third-order valence-electron chi connectivity index (χ3n) is 2.49. The second kappa shape index (κ2) is 5.48. The molecule has 1 N–H and O–H groups in total. The van der Waals surface area contributed by atoms with Gasteiger partial charge in [0.05, 0.1) is 6.54 Å². The van der Waals surface area contributed by atoms with E-state index < -0.39 is 0 Å². The van der Waals surface area contributed by atoms with E-state index in [-0.39, 0.29) is 5.82 Å². The molecule has 3 nitrogen and oxygen atoms in total. The molecule has 0 aliphatic heterocycles. The highest BCUT2D eigenvalue weighted by Gasteiger charge is 2.02. The molecule has 0 radical (unpaired) electrons. The fourth-order valence-corrected chi connectivity index (χ4v) is 1.67. The molecule has 0 aliphatic rings. The highest BCUT2D eigenvalue weighted by molar-refractivity contribution is 5.28. The lowest BCUT2D eigenvalue weighted by molar-refractivity contribution is 0.623. The van der Waals surface area contributed by atoms with Crippen LogP contribution in [0.15, 0.2) is 36.7 Å². The number of imidazole rings is 1. The van der Waals surface area contributed by atoms with Crippen LogP contribution < -0.4 is 5.32 Å². The van der Waals surface area contributed by atoms with Crippen LogP contribution in [0, 0.1) is 5.82 Å². The van der Waals surface area contributed by atoms with Crippen molar-refractivity contribution in [3.63, 3.8) is 0 Å². The van der Waals surface area contributed by atoms with Gasteiger partial charge in [0.25, 0.3) is 0 Å². The summed E-state index contributed by atoms with van der Waals surface area (Å²) in [4.78, 5) is 4.23. The maximum atomic E-state index is 13.1. The average molecular weight is 233 g/mol. The standard InChI is InChI=1S/C13H16FN3/c1-2-6-15-13-16-7-8-17(13)10-11-4-3-5-12(14)9-11/h3-5,7-9H,2,6,10H2,1H3,(H,15,16). The first-order chi connectivity index (χ1) is 8.29. The Morgan fingerprint density at radius 3 is 3.06 bits per heavy atom. The summed E-state index contributed by atoms with van der Waals surface area (Å²) in [6.07, 6.45) is 4.69. The highest BCUT2D eigenvalue weighted by Crippen LogP contribution is 2.10. The number of rotatable bonds is 5. The Morgan fingerprint density at radius 1 is 1.41 bits per heavy atom. The topological polar surface area (TPSA) is 29.9 Å². The van der Waals surface area contributed by atoms with Crippen LogP contribution in [0.5, 0.6) is 0 Å². The lowest BCUT2D eigenvalue weighted by Gasteiger charge is -2.09. The molecule has 1 heterocycles. The molecule has 0 bridgehead atoms. The van der Waals surface area contributed by atoms with Gasteiger partial charge in [-0.1, -0.05) is 19.1 Å². The van der Waals surface area contributed by atoms with Gasteiger partial charge in [0.15, 0.2) is 0 Å². The van der Waals surface area contributed by atoms with Crippen LogP contribution in [0.2, 0.25) is 0 Å². The number of halogens is 1. The van der Waals surface area contributed by atoms with E-state index in [1.54, 1.807) is 18.3 Å². The van der Waals surface area contributed by atoms with Crippen LogP contribution >= 0.6 is 0 Å². The third-order valence-corrected chi connectivity index (χ3v) is 2.49. The number of anilines is 1. The first kappa shape index (κ1) is 11.6. The van der Waals surface area contributed by atoms with Crippen LogP contribution in [0.3, 0.4) is 0 Å². The Hall–Kier alpha value is -1.84. The molecule has 0 fully saturated rings. The highest BCUT2D eigenvalue weighted by atomic mass is 19.1. The number of nitrogens with zero attached hydrogens (tertiary/aromatic N) is 2. The van der Waals surface area contributed by atoms with Crippen molar-refractivity contribution in [2.24, 2.45) is 0 Å². The molecule has 0 aliphatic carbocycles. The third kappa shape index (κ3) is 3.06. The van der Waals surface area contributed by atoms with Gasteiger partial charge in [0.2, 0.25) is 5.95 Å². The molecule has 0 amide bonds.